The molecule has 1 aromatic carbocycles. The van der Waals surface area contributed by atoms with Crippen LogP contribution in [0.5, 0.6) is 5.75 Å². The van der Waals surface area contributed by atoms with Crippen LogP contribution in [0.15, 0.2) is 23.4 Å². The maximum absolute atomic E-state index is 8.85. The predicted molar refractivity (Wildman–Crippen MR) is 75.7 cm³/mol. The van der Waals surface area contributed by atoms with E-state index in [-0.39, 0.29) is 11.9 Å². The van der Waals surface area contributed by atoms with Gasteiger partial charge in [0.1, 0.15) is 11.9 Å². The van der Waals surface area contributed by atoms with Crippen LogP contribution < -0.4 is 10.5 Å². The van der Waals surface area contributed by atoms with Crippen molar-refractivity contribution in [2.75, 3.05) is 0 Å². The highest BCUT2D eigenvalue weighted by atomic mass is 16.5. The van der Waals surface area contributed by atoms with Crippen LogP contribution in [0.3, 0.4) is 0 Å². The Hall–Kier alpha value is -1.71. The second-order valence-corrected chi connectivity index (χ2v) is 5.40. The lowest BCUT2D eigenvalue weighted by atomic mass is 9.88. The molecule has 104 valence electrons. The molecular weight excluding hydrogens is 240 g/mol. The number of rotatable bonds is 3. The minimum Gasteiger partial charge on any atom is -0.489 e. The van der Waals surface area contributed by atoms with Gasteiger partial charge in [0.2, 0.25) is 0 Å². The Morgan fingerprint density at radius 1 is 1.37 bits per heavy atom. The second kappa shape index (κ2) is 5.95. The van der Waals surface area contributed by atoms with Gasteiger partial charge in [-0.1, -0.05) is 24.6 Å². The molecule has 0 aliphatic heterocycles. The molecule has 1 aliphatic rings. The minimum atomic E-state index is 0.0958. The smallest absolute Gasteiger partial charge is 0.173 e. The molecule has 3 N–H and O–H groups in total. The van der Waals surface area contributed by atoms with Crippen molar-refractivity contribution in [3.05, 3.63) is 29.3 Å². The Balaban J connectivity index is 2.25. The summed E-state index contributed by atoms with van der Waals surface area (Å²) in [5.41, 5.74) is 7.47. The fourth-order valence-electron chi connectivity index (χ4n) is 2.61. The summed E-state index contributed by atoms with van der Waals surface area (Å²) >= 11 is 0. The van der Waals surface area contributed by atoms with Crippen LogP contribution in [0, 0.1) is 12.8 Å². The molecule has 2 rings (SSSR count). The zero-order chi connectivity index (χ0) is 13.8. The number of nitrogens with two attached hydrogens (primary N) is 1. The van der Waals surface area contributed by atoms with E-state index in [2.05, 4.69) is 12.1 Å². The van der Waals surface area contributed by atoms with Gasteiger partial charge in [0.05, 0.1) is 5.56 Å². The lowest BCUT2D eigenvalue weighted by Crippen LogP contribution is -2.29. The van der Waals surface area contributed by atoms with E-state index in [0.717, 1.165) is 12.0 Å². The van der Waals surface area contributed by atoms with Gasteiger partial charge < -0.3 is 15.7 Å². The van der Waals surface area contributed by atoms with E-state index in [0.29, 0.717) is 17.2 Å². The summed E-state index contributed by atoms with van der Waals surface area (Å²) in [5, 5.41) is 11.9. The number of hydrogen-bond acceptors (Lipinski definition) is 3. The zero-order valence-electron chi connectivity index (χ0n) is 11.6. The SMILES string of the molecule is Cc1ccc(C(N)=NO)c(OC2CCCCC2C)c1. The molecular formula is C15H22N2O2. The first-order chi connectivity index (χ1) is 9.11. The number of aryl methyl sites for hydroxylation is 1. The van der Waals surface area contributed by atoms with E-state index >= 15 is 0 Å². The number of hydrogen-bond donors (Lipinski definition) is 2. The highest BCUT2D eigenvalue weighted by molar-refractivity contribution is 5.99. The number of ether oxygens (including phenoxy) is 1. The Labute approximate surface area is 114 Å². The molecule has 2 atom stereocenters. The van der Waals surface area contributed by atoms with Gasteiger partial charge in [-0.3, -0.25) is 0 Å². The van der Waals surface area contributed by atoms with Gasteiger partial charge in [0.15, 0.2) is 5.84 Å². The summed E-state index contributed by atoms with van der Waals surface area (Å²) in [5.74, 6) is 1.36. The van der Waals surface area contributed by atoms with E-state index in [4.69, 9.17) is 15.7 Å². The van der Waals surface area contributed by atoms with Crippen LogP contribution in [0.25, 0.3) is 0 Å². The maximum atomic E-state index is 8.85. The Bertz CT molecular complexity index is 471. The molecule has 0 radical (unpaired) electrons. The lowest BCUT2D eigenvalue weighted by molar-refractivity contribution is 0.102. The predicted octanol–water partition coefficient (Wildman–Crippen LogP) is 3.05. The molecule has 1 aliphatic carbocycles. The Morgan fingerprint density at radius 2 is 2.11 bits per heavy atom. The third-order valence-corrected chi connectivity index (χ3v) is 3.83. The van der Waals surface area contributed by atoms with Crippen molar-refractivity contribution >= 4 is 5.84 Å². The monoisotopic (exact) mass is 262 g/mol. The van der Waals surface area contributed by atoms with Crippen LogP contribution in [0.1, 0.15) is 43.7 Å². The van der Waals surface area contributed by atoms with Crippen molar-refractivity contribution in [3.63, 3.8) is 0 Å². The van der Waals surface area contributed by atoms with Crippen LogP contribution in [-0.4, -0.2) is 17.1 Å². The van der Waals surface area contributed by atoms with Crippen LogP contribution in [-0.2, 0) is 0 Å². The van der Waals surface area contributed by atoms with E-state index in [1.54, 1.807) is 0 Å². The van der Waals surface area contributed by atoms with Crippen molar-refractivity contribution in [2.24, 2.45) is 16.8 Å². The highest BCUT2D eigenvalue weighted by Gasteiger charge is 2.24. The molecule has 0 heterocycles. The van der Waals surface area contributed by atoms with E-state index < -0.39 is 0 Å². The van der Waals surface area contributed by atoms with Gasteiger partial charge in [-0.05, 0) is 49.8 Å². The third kappa shape index (κ3) is 3.19. The van der Waals surface area contributed by atoms with Gasteiger partial charge in [-0.15, -0.1) is 0 Å². The molecule has 0 spiro atoms. The second-order valence-electron chi connectivity index (χ2n) is 5.40. The maximum Gasteiger partial charge on any atom is 0.173 e. The van der Waals surface area contributed by atoms with Gasteiger partial charge in [-0.25, -0.2) is 0 Å². The standard InChI is InChI=1S/C15H22N2O2/c1-10-7-8-12(15(16)17-18)14(9-10)19-13-6-4-3-5-11(13)2/h7-9,11,13,18H,3-6H2,1-2H3,(H2,16,17). The van der Waals surface area contributed by atoms with Crippen molar-refractivity contribution in [3.8, 4) is 5.75 Å². The zero-order valence-corrected chi connectivity index (χ0v) is 11.6. The van der Waals surface area contributed by atoms with Crippen molar-refractivity contribution in [2.45, 2.75) is 45.6 Å². The van der Waals surface area contributed by atoms with E-state index in [1.165, 1.54) is 19.3 Å². The first-order valence-corrected chi connectivity index (χ1v) is 6.87. The molecule has 1 fully saturated rings. The van der Waals surface area contributed by atoms with E-state index in [1.807, 2.05) is 25.1 Å². The summed E-state index contributed by atoms with van der Waals surface area (Å²) in [6, 6.07) is 5.73. The van der Waals surface area contributed by atoms with Crippen molar-refractivity contribution < 1.29 is 9.94 Å². The minimum absolute atomic E-state index is 0.0958. The number of nitrogens with zero attached hydrogens (tertiary/aromatic N) is 1. The Kier molecular flexibility index (Phi) is 4.30. The van der Waals surface area contributed by atoms with Crippen LogP contribution in [0.2, 0.25) is 0 Å². The quantitative estimate of drug-likeness (QED) is 0.381. The molecule has 1 saturated carbocycles. The molecule has 0 amide bonds. The van der Waals surface area contributed by atoms with Crippen LogP contribution in [0.4, 0.5) is 0 Å². The Morgan fingerprint density at radius 3 is 2.79 bits per heavy atom. The van der Waals surface area contributed by atoms with Crippen molar-refractivity contribution in [1.82, 2.24) is 0 Å². The first kappa shape index (κ1) is 13.7. The molecule has 4 nitrogen and oxygen atoms in total. The van der Waals surface area contributed by atoms with Gasteiger partial charge >= 0.3 is 0 Å². The summed E-state index contributed by atoms with van der Waals surface area (Å²) in [6.07, 6.45) is 4.99. The molecule has 19 heavy (non-hydrogen) atoms. The summed E-state index contributed by atoms with van der Waals surface area (Å²) < 4.78 is 6.13. The normalized spacial score (nSPS) is 24.2. The molecule has 1 aromatic rings. The largest absolute Gasteiger partial charge is 0.489 e. The molecule has 0 saturated heterocycles. The first-order valence-electron chi connectivity index (χ1n) is 6.87. The third-order valence-electron chi connectivity index (χ3n) is 3.83. The van der Waals surface area contributed by atoms with Gasteiger partial charge in [-0.2, -0.15) is 0 Å². The molecule has 2 unspecified atom stereocenters. The average molecular weight is 262 g/mol. The molecule has 4 heteroatoms. The summed E-state index contributed by atoms with van der Waals surface area (Å²) in [6.45, 7) is 4.23. The number of oxime groups is 1. The van der Waals surface area contributed by atoms with Crippen LogP contribution >= 0.6 is 0 Å². The molecule has 0 bridgehead atoms. The number of amidine groups is 1. The van der Waals surface area contributed by atoms with Crippen molar-refractivity contribution in [1.29, 1.82) is 0 Å². The highest BCUT2D eigenvalue weighted by Crippen LogP contribution is 2.30. The number of benzene rings is 1. The lowest BCUT2D eigenvalue weighted by Gasteiger charge is -2.30. The topological polar surface area (TPSA) is 67.8 Å². The van der Waals surface area contributed by atoms with Gasteiger partial charge in [0, 0.05) is 0 Å². The average Bonchev–Trinajstić information content (AvgIpc) is 2.41. The van der Waals surface area contributed by atoms with E-state index in [9.17, 15) is 0 Å². The molecule has 0 aromatic heterocycles. The fourth-order valence-corrected chi connectivity index (χ4v) is 2.61. The summed E-state index contributed by atoms with van der Waals surface area (Å²) in [4.78, 5) is 0. The summed E-state index contributed by atoms with van der Waals surface area (Å²) in [7, 11) is 0. The fraction of sp³-hybridized carbons (Fsp3) is 0.533. The van der Waals surface area contributed by atoms with Gasteiger partial charge in [0.25, 0.3) is 0 Å².